The highest BCUT2D eigenvalue weighted by Crippen LogP contribution is 2.07. The van der Waals surface area contributed by atoms with Gasteiger partial charge >= 0.3 is 5.97 Å². The quantitative estimate of drug-likeness (QED) is 0.786. The number of hydrogen-bond donors (Lipinski definition) is 1. The molecule has 6 heteroatoms. The number of H-pyrrole nitrogens is 1. The summed E-state index contributed by atoms with van der Waals surface area (Å²) in [7, 11) is 1.30. The largest absolute Gasteiger partial charge is 0.468 e. The summed E-state index contributed by atoms with van der Waals surface area (Å²) in [6, 6.07) is 1.55. The highest BCUT2D eigenvalue weighted by molar-refractivity contribution is 5.94. The number of rotatable bonds is 4. The number of methoxy groups -OCH3 is 1. The van der Waals surface area contributed by atoms with Gasteiger partial charge in [-0.05, 0) is 26.8 Å². The molecule has 0 saturated heterocycles. The Morgan fingerprint density at radius 3 is 2.59 bits per heavy atom. The second kappa shape index (κ2) is 5.47. The van der Waals surface area contributed by atoms with E-state index in [1.807, 2.05) is 20.8 Å². The SMILES string of the molecule is COC(=O)CN(C(=O)c1cc(C)[nH]n1)C(C)C. The maximum absolute atomic E-state index is 12.1. The number of aromatic nitrogens is 2. The van der Waals surface area contributed by atoms with Gasteiger partial charge in [0.1, 0.15) is 12.2 Å². The molecular formula is C11H17N3O3. The molecule has 1 amide bonds. The van der Waals surface area contributed by atoms with Crippen molar-refractivity contribution in [2.24, 2.45) is 0 Å². The van der Waals surface area contributed by atoms with E-state index in [9.17, 15) is 9.59 Å². The first kappa shape index (κ1) is 13.2. The fourth-order valence-corrected chi connectivity index (χ4v) is 1.37. The maximum atomic E-state index is 12.1. The number of nitrogens with one attached hydrogen (secondary N) is 1. The van der Waals surface area contributed by atoms with E-state index in [2.05, 4.69) is 14.9 Å². The fraction of sp³-hybridized carbons (Fsp3) is 0.545. The van der Waals surface area contributed by atoms with Crippen LogP contribution in [0.15, 0.2) is 6.07 Å². The summed E-state index contributed by atoms with van der Waals surface area (Å²) >= 11 is 0. The lowest BCUT2D eigenvalue weighted by atomic mass is 10.2. The van der Waals surface area contributed by atoms with Gasteiger partial charge in [-0.1, -0.05) is 0 Å². The van der Waals surface area contributed by atoms with Crippen LogP contribution in [-0.2, 0) is 9.53 Å². The second-order valence-electron chi connectivity index (χ2n) is 4.04. The van der Waals surface area contributed by atoms with E-state index >= 15 is 0 Å². The summed E-state index contributed by atoms with van der Waals surface area (Å²) in [5.41, 5.74) is 1.11. The first-order valence-electron chi connectivity index (χ1n) is 5.35. The predicted octanol–water partition coefficient (Wildman–Crippen LogP) is 0.742. The molecule has 0 aromatic carbocycles. The molecule has 0 atom stereocenters. The third-order valence-electron chi connectivity index (χ3n) is 2.34. The Morgan fingerprint density at radius 1 is 1.53 bits per heavy atom. The molecule has 17 heavy (non-hydrogen) atoms. The van der Waals surface area contributed by atoms with E-state index in [-0.39, 0.29) is 18.5 Å². The molecule has 0 unspecified atom stereocenters. The zero-order valence-corrected chi connectivity index (χ0v) is 10.5. The highest BCUT2D eigenvalue weighted by Gasteiger charge is 2.23. The minimum atomic E-state index is -0.445. The average molecular weight is 239 g/mol. The van der Waals surface area contributed by atoms with Gasteiger partial charge < -0.3 is 9.64 Å². The van der Waals surface area contributed by atoms with Crippen LogP contribution >= 0.6 is 0 Å². The van der Waals surface area contributed by atoms with Gasteiger partial charge in [-0.2, -0.15) is 5.10 Å². The molecule has 1 aromatic rings. The normalized spacial score (nSPS) is 10.4. The van der Waals surface area contributed by atoms with Crippen molar-refractivity contribution in [3.63, 3.8) is 0 Å². The van der Waals surface area contributed by atoms with Crippen LogP contribution in [0.3, 0.4) is 0 Å². The molecule has 0 saturated carbocycles. The van der Waals surface area contributed by atoms with Crippen LogP contribution in [0.4, 0.5) is 0 Å². The Bertz CT molecular complexity index is 412. The van der Waals surface area contributed by atoms with Crippen LogP contribution in [0.1, 0.15) is 30.0 Å². The van der Waals surface area contributed by atoms with Gasteiger partial charge in [0.25, 0.3) is 5.91 Å². The zero-order chi connectivity index (χ0) is 13.0. The van der Waals surface area contributed by atoms with Crippen molar-refractivity contribution in [1.82, 2.24) is 15.1 Å². The molecule has 0 radical (unpaired) electrons. The molecule has 1 heterocycles. The number of ether oxygens (including phenoxy) is 1. The van der Waals surface area contributed by atoms with Crippen LogP contribution in [0.25, 0.3) is 0 Å². The Kier molecular flexibility index (Phi) is 4.25. The predicted molar refractivity (Wildman–Crippen MR) is 61.5 cm³/mol. The van der Waals surface area contributed by atoms with Crippen LogP contribution in [0.5, 0.6) is 0 Å². The third kappa shape index (κ3) is 3.30. The van der Waals surface area contributed by atoms with Crippen LogP contribution in [-0.4, -0.2) is 46.7 Å². The van der Waals surface area contributed by atoms with Crippen molar-refractivity contribution in [1.29, 1.82) is 0 Å². The molecule has 0 aliphatic heterocycles. The monoisotopic (exact) mass is 239 g/mol. The van der Waals surface area contributed by atoms with Crippen molar-refractivity contribution in [2.75, 3.05) is 13.7 Å². The van der Waals surface area contributed by atoms with Gasteiger partial charge in [-0.3, -0.25) is 14.7 Å². The van der Waals surface area contributed by atoms with E-state index in [1.165, 1.54) is 12.0 Å². The van der Waals surface area contributed by atoms with Crippen LogP contribution in [0.2, 0.25) is 0 Å². The minimum absolute atomic E-state index is 0.0705. The summed E-state index contributed by atoms with van der Waals surface area (Å²) < 4.78 is 4.56. The number of aromatic amines is 1. The molecule has 94 valence electrons. The van der Waals surface area contributed by atoms with Crippen molar-refractivity contribution < 1.29 is 14.3 Å². The molecule has 1 N–H and O–H groups in total. The Hall–Kier alpha value is -1.85. The number of esters is 1. The Balaban J connectivity index is 2.84. The van der Waals surface area contributed by atoms with Gasteiger partial charge in [0.05, 0.1) is 7.11 Å². The van der Waals surface area contributed by atoms with E-state index in [1.54, 1.807) is 6.07 Å². The summed E-state index contributed by atoms with van der Waals surface area (Å²) in [5.74, 6) is -0.728. The van der Waals surface area contributed by atoms with Crippen LogP contribution < -0.4 is 0 Å². The Morgan fingerprint density at radius 2 is 2.18 bits per heavy atom. The molecule has 6 nitrogen and oxygen atoms in total. The smallest absolute Gasteiger partial charge is 0.325 e. The lowest BCUT2D eigenvalue weighted by Gasteiger charge is -2.24. The second-order valence-corrected chi connectivity index (χ2v) is 4.04. The van der Waals surface area contributed by atoms with Gasteiger partial charge in [0, 0.05) is 11.7 Å². The molecule has 0 spiro atoms. The van der Waals surface area contributed by atoms with Crippen LogP contribution in [0, 0.1) is 6.92 Å². The van der Waals surface area contributed by atoms with Gasteiger partial charge in [-0.25, -0.2) is 0 Å². The summed E-state index contributed by atoms with van der Waals surface area (Å²) in [4.78, 5) is 24.7. The van der Waals surface area contributed by atoms with E-state index in [0.29, 0.717) is 5.69 Å². The van der Waals surface area contributed by atoms with Crippen molar-refractivity contribution in [3.8, 4) is 0 Å². The standard InChI is InChI=1S/C11H17N3O3/c1-7(2)14(6-10(15)17-4)11(16)9-5-8(3)12-13-9/h5,7H,6H2,1-4H3,(H,12,13). The van der Waals surface area contributed by atoms with E-state index in [0.717, 1.165) is 5.69 Å². The third-order valence-corrected chi connectivity index (χ3v) is 2.34. The number of carbonyl (C=O) groups is 2. The number of amides is 1. The van der Waals surface area contributed by atoms with Crippen molar-refractivity contribution in [2.45, 2.75) is 26.8 Å². The molecule has 0 fully saturated rings. The zero-order valence-electron chi connectivity index (χ0n) is 10.5. The minimum Gasteiger partial charge on any atom is -0.468 e. The molecule has 0 bridgehead atoms. The highest BCUT2D eigenvalue weighted by atomic mass is 16.5. The number of carbonyl (C=O) groups excluding carboxylic acids is 2. The molecule has 0 aliphatic carbocycles. The van der Waals surface area contributed by atoms with Crippen molar-refractivity contribution >= 4 is 11.9 Å². The summed E-state index contributed by atoms with van der Waals surface area (Å²) in [5, 5.41) is 6.58. The maximum Gasteiger partial charge on any atom is 0.325 e. The van der Waals surface area contributed by atoms with E-state index < -0.39 is 5.97 Å². The number of nitrogens with zero attached hydrogens (tertiary/aromatic N) is 2. The van der Waals surface area contributed by atoms with E-state index in [4.69, 9.17) is 0 Å². The molecular weight excluding hydrogens is 222 g/mol. The number of hydrogen-bond acceptors (Lipinski definition) is 4. The lowest BCUT2D eigenvalue weighted by molar-refractivity contribution is -0.141. The fourth-order valence-electron chi connectivity index (χ4n) is 1.37. The summed E-state index contributed by atoms with van der Waals surface area (Å²) in [6.45, 7) is 5.41. The average Bonchev–Trinajstić information content (AvgIpc) is 2.71. The lowest BCUT2D eigenvalue weighted by Crippen LogP contribution is -2.41. The summed E-state index contributed by atoms with van der Waals surface area (Å²) in [6.07, 6.45) is 0. The Labute approximate surface area is 99.9 Å². The first-order valence-corrected chi connectivity index (χ1v) is 5.35. The van der Waals surface area contributed by atoms with Crippen molar-refractivity contribution in [3.05, 3.63) is 17.5 Å². The van der Waals surface area contributed by atoms with Gasteiger partial charge in [-0.15, -0.1) is 0 Å². The van der Waals surface area contributed by atoms with Gasteiger partial charge in [0.15, 0.2) is 0 Å². The first-order chi connectivity index (χ1) is 7.95. The number of aryl methyl sites for hydroxylation is 1. The molecule has 0 aliphatic rings. The van der Waals surface area contributed by atoms with Gasteiger partial charge in [0.2, 0.25) is 0 Å². The molecule has 1 aromatic heterocycles. The molecule has 1 rings (SSSR count). The topological polar surface area (TPSA) is 75.3 Å².